The third-order valence-electron chi connectivity index (χ3n) is 12.3. The van der Waals surface area contributed by atoms with E-state index in [-0.39, 0.29) is 56.0 Å². The van der Waals surface area contributed by atoms with Gasteiger partial charge in [-0.05, 0) is 75.6 Å². The maximum atomic E-state index is 14.3. The molecule has 1 aliphatic heterocycles. The van der Waals surface area contributed by atoms with Crippen molar-refractivity contribution in [2.24, 2.45) is 28.3 Å². The van der Waals surface area contributed by atoms with Gasteiger partial charge in [0.25, 0.3) is 0 Å². The fraction of sp³-hybridized carbons (Fsp3) is 0.490. The predicted molar refractivity (Wildman–Crippen MR) is 274 cm³/mol. The molecule has 2 aromatic rings. The van der Waals surface area contributed by atoms with E-state index in [4.69, 9.17) is 16.2 Å². The molecule has 410 valence electrons. The monoisotopic (exact) mass is 1050 g/mol. The zero-order valence-electron chi connectivity index (χ0n) is 42.7. The highest BCUT2D eigenvalue weighted by atomic mass is 16.5. The van der Waals surface area contributed by atoms with Gasteiger partial charge in [-0.25, -0.2) is 9.59 Å². The van der Waals surface area contributed by atoms with Gasteiger partial charge in [-0.2, -0.15) is 0 Å². The second-order valence-electron chi connectivity index (χ2n) is 18.3. The number of carboxylic acids is 2. The minimum Gasteiger partial charge on any atom is -0.508 e. The lowest BCUT2D eigenvalue weighted by Crippen LogP contribution is -2.58. The van der Waals surface area contributed by atoms with Crippen molar-refractivity contribution in [3.8, 4) is 5.75 Å². The normalized spacial score (nSPS) is 24.3. The van der Waals surface area contributed by atoms with Gasteiger partial charge in [0.2, 0.25) is 41.4 Å². The van der Waals surface area contributed by atoms with Crippen LogP contribution in [0.2, 0.25) is 0 Å². The largest absolute Gasteiger partial charge is 0.508 e. The molecule has 0 spiro atoms. The number of carboxylic acid groups (broad SMARTS) is 2. The molecule has 75 heavy (non-hydrogen) atoms. The molecule has 1 fully saturated rings. The molecule has 7 amide bonds. The Hall–Kier alpha value is -7.86. The third-order valence-corrected chi connectivity index (χ3v) is 12.3. The summed E-state index contributed by atoms with van der Waals surface area (Å²) in [7, 11) is 1.60. The number of benzene rings is 2. The van der Waals surface area contributed by atoms with Crippen LogP contribution in [0.3, 0.4) is 0 Å². The van der Waals surface area contributed by atoms with Gasteiger partial charge in [-0.3, -0.25) is 38.6 Å². The van der Waals surface area contributed by atoms with Crippen molar-refractivity contribution in [2.75, 3.05) is 20.3 Å². The number of methoxy groups -OCH3 is 1. The molecule has 0 radical (unpaired) electrons. The molecule has 0 saturated carbocycles. The highest BCUT2D eigenvalue weighted by Crippen LogP contribution is 2.19. The minimum atomic E-state index is -1.93. The molecule has 24 heteroatoms. The Morgan fingerprint density at radius 3 is 1.96 bits per heavy atom. The van der Waals surface area contributed by atoms with Gasteiger partial charge in [-0.1, -0.05) is 80.1 Å². The summed E-state index contributed by atoms with van der Waals surface area (Å²) in [5, 5.41) is 57.2. The zero-order valence-corrected chi connectivity index (χ0v) is 42.7. The number of nitrogens with one attached hydrogen (secondary N) is 7. The van der Waals surface area contributed by atoms with Crippen molar-refractivity contribution in [3.05, 3.63) is 89.5 Å². The highest BCUT2D eigenvalue weighted by molar-refractivity contribution is 5.96. The first kappa shape index (κ1) is 61.4. The number of aliphatic hydroxyl groups excluding tert-OH is 1. The van der Waals surface area contributed by atoms with Crippen LogP contribution in [0, 0.1) is 11.8 Å². The number of carbonyl (C=O) groups excluding carboxylic acids is 7. The average molecular weight is 1050 g/mol. The van der Waals surface area contributed by atoms with Crippen LogP contribution < -0.4 is 48.7 Å². The molecule has 3 rings (SSSR count). The van der Waals surface area contributed by atoms with Crippen LogP contribution in [0.25, 0.3) is 0 Å². The lowest BCUT2D eigenvalue weighted by Gasteiger charge is -2.27. The molecule has 0 aliphatic carbocycles. The number of rotatable bonds is 17. The van der Waals surface area contributed by atoms with Crippen LogP contribution in [0.15, 0.2) is 83.4 Å². The van der Waals surface area contributed by atoms with E-state index in [2.05, 4.69) is 42.2 Å². The smallest absolute Gasteiger partial charge is 0.326 e. The van der Waals surface area contributed by atoms with E-state index in [9.17, 15) is 63.6 Å². The number of ether oxygens (including phenoxy) is 1. The minimum absolute atomic E-state index is 0.00164. The van der Waals surface area contributed by atoms with Gasteiger partial charge in [0.15, 0.2) is 5.96 Å². The summed E-state index contributed by atoms with van der Waals surface area (Å²) < 4.78 is 5.81. The number of aromatic hydroxyl groups is 1. The van der Waals surface area contributed by atoms with Gasteiger partial charge in [0.05, 0.1) is 31.1 Å². The SMILES string of the molecule is CO[C@@H](Cc1ccccc1)[C@@H](C)C=C(C)C=C[C@@H]1NC(=O)[C@H](CCCN=C(N)N)NC(=O)C[C@H](C(=O)O)NC(=O)[C@H](CCc2ccc(O)cc2)NC(=O)[C@@H](C)NC(=O)[C@H](CO)NC(=O)CC[C@H](C(=O)O)NC(=O)[C@H]1C. The molecule has 24 nitrogen and oxygen atoms in total. The van der Waals surface area contributed by atoms with Crippen molar-refractivity contribution in [1.29, 1.82) is 0 Å². The summed E-state index contributed by atoms with van der Waals surface area (Å²) in [6.45, 7) is 5.41. The molecule has 0 aromatic heterocycles. The third kappa shape index (κ3) is 21.6. The van der Waals surface area contributed by atoms with Crippen LogP contribution in [-0.4, -0.2) is 148 Å². The summed E-state index contributed by atoms with van der Waals surface area (Å²) in [4.78, 5) is 125. The van der Waals surface area contributed by atoms with Crippen molar-refractivity contribution in [1.82, 2.24) is 37.2 Å². The molecule has 10 atom stereocenters. The van der Waals surface area contributed by atoms with Crippen molar-refractivity contribution in [2.45, 2.75) is 127 Å². The molecular weight excluding hydrogens is 977 g/mol. The summed E-state index contributed by atoms with van der Waals surface area (Å²) in [5.41, 5.74) is 13.3. The number of guanidine groups is 1. The fourth-order valence-electron chi connectivity index (χ4n) is 7.83. The first-order valence-corrected chi connectivity index (χ1v) is 24.4. The number of aliphatic carboxylic acids is 2. The number of aryl methyl sites for hydroxylation is 1. The molecule has 1 aliphatic rings. The van der Waals surface area contributed by atoms with Crippen LogP contribution in [-0.2, 0) is 60.7 Å². The Balaban J connectivity index is 2.09. The number of nitrogens with zero attached hydrogens (tertiary/aromatic N) is 1. The van der Waals surface area contributed by atoms with Crippen molar-refractivity contribution >= 4 is 59.2 Å². The predicted octanol–water partition coefficient (Wildman–Crippen LogP) is -0.830. The number of nitrogens with two attached hydrogens (primary N) is 2. The topological polar surface area (TPSA) is 392 Å². The zero-order chi connectivity index (χ0) is 55.8. The average Bonchev–Trinajstić information content (AvgIpc) is 3.36. The Morgan fingerprint density at radius 2 is 1.35 bits per heavy atom. The number of hydrogen-bond donors (Lipinski definition) is 13. The Labute approximate surface area is 435 Å². The summed E-state index contributed by atoms with van der Waals surface area (Å²) in [6.07, 6.45) is 3.34. The number of amides is 7. The second kappa shape index (κ2) is 31.0. The molecule has 1 saturated heterocycles. The number of allylic oxidation sites excluding steroid dienone is 2. The fourth-order valence-corrected chi connectivity index (χ4v) is 7.83. The molecular formula is C51H72N10O14. The first-order valence-electron chi connectivity index (χ1n) is 24.4. The van der Waals surface area contributed by atoms with E-state index in [1.54, 1.807) is 32.2 Å². The van der Waals surface area contributed by atoms with E-state index in [1.165, 1.54) is 32.1 Å². The standard InChI is InChI=1S/C51H72N10O14/c1-28(24-29(2)41(75-5)25-33-10-7-6-8-11-33)13-19-35-30(3)44(66)60-38(49(71)72)21-22-42(64)57-40(27-62)48(70)55-31(4)45(67)59-37(20-16-32-14-17-34(63)18-15-32)47(69)61-39(50(73)74)26-43(65)56-36(46(68)58-35)12-9-23-54-51(52)53/h6-8,10-11,13-15,17-19,24,29-31,35-41,62-63H,9,12,16,20-23,25-27H2,1-5H3,(H,55,70)(H,56,65)(H,57,64)(H,58,68)(H,59,67)(H,60,66)(H,61,69)(H,71,72)(H,73,74)(H4,52,53,54)/t29-,30-,31+,35-,36-,37-,38+,39+,40-,41-/m0/s1. The van der Waals surface area contributed by atoms with Gasteiger partial charge >= 0.3 is 11.9 Å². The van der Waals surface area contributed by atoms with Crippen LogP contribution >= 0.6 is 0 Å². The van der Waals surface area contributed by atoms with E-state index < -0.39 is 127 Å². The van der Waals surface area contributed by atoms with E-state index in [0.29, 0.717) is 17.6 Å². The number of aliphatic hydroxyl groups is 1. The second-order valence-corrected chi connectivity index (χ2v) is 18.3. The maximum absolute atomic E-state index is 14.3. The van der Waals surface area contributed by atoms with Gasteiger partial charge in [-0.15, -0.1) is 0 Å². The summed E-state index contributed by atoms with van der Waals surface area (Å²) in [6, 6.07) is 4.78. The maximum Gasteiger partial charge on any atom is 0.326 e. The van der Waals surface area contributed by atoms with Gasteiger partial charge < -0.3 is 73.8 Å². The number of aliphatic imine (C=N–C) groups is 1. The van der Waals surface area contributed by atoms with E-state index in [1.807, 2.05) is 43.3 Å². The lowest BCUT2D eigenvalue weighted by atomic mass is 9.94. The van der Waals surface area contributed by atoms with Crippen LogP contribution in [0.5, 0.6) is 5.75 Å². The number of carbonyl (C=O) groups is 9. The number of phenolic OH excluding ortho intramolecular Hbond substituents is 1. The number of phenols is 1. The summed E-state index contributed by atoms with van der Waals surface area (Å²) >= 11 is 0. The van der Waals surface area contributed by atoms with Crippen molar-refractivity contribution < 1.29 is 68.3 Å². The molecule has 15 N–H and O–H groups in total. The Bertz CT molecular complexity index is 2380. The molecule has 0 bridgehead atoms. The molecule has 0 unspecified atom stereocenters. The number of hydrogen-bond acceptors (Lipinski definition) is 13. The molecule has 1 heterocycles. The first-order chi connectivity index (χ1) is 35.5. The Morgan fingerprint density at radius 1 is 0.747 bits per heavy atom. The quantitative estimate of drug-likeness (QED) is 0.0398. The van der Waals surface area contributed by atoms with E-state index in [0.717, 1.165) is 5.56 Å². The van der Waals surface area contributed by atoms with Gasteiger partial charge in [0, 0.05) is 26.0 Å². The van der Waals surface area contributed by atoms with Crippen LogP contribution in [0.1, 0.15) is 77.3 Å². The summed E-state index contributed by atoms with van der Waals surface area (Å²) in [5.74, 6) is -11.6. The molecule has 2 aromatic carbocycles. The Kier molecular flexibility index (Phi) is 25.4. The highest BCUT2D eigenvalue weighted by Gasteiger charge is 2.34. The lowest BCUT2D eigenvalue weighted by molar-refractivity contribution is -0.144. The van der Waals surface area contributed by atoms with Crippen molar-refractivity contribution in [3.63, 3.8) is 0 Å². The van der Waals surface area contributed by atoms with Gasteiger partial charge in [0.1, 0.15) is 42.0 Å². The van der Waals surface area contributed by atoms with Crippen LogP contribution in [0.4, 0.5) is 0 Å². The van der Waals surface area contributed by atoms with E-state index >= 15 is 0 Å².